The van der Waals surface area contributed by atoms with E-state index in [1.54, 1.807) is 14.2 Å². The third kappa shape index (κ3) is 5.04. The fraction of sp³-hybridized carbons (Fsp3) is 0.591. The fourth-order valence-corrected chi connectivity index (χ4v) is 3.67. The highest BCUT2D eigenvalue weighted by Gasteiger charge is 2.18. The van der Waals surface area contributed by atoms with Crippen molar-refractivity contribution in [3.8, 4) is 11.5 Å². The van der Waals surface area contributed by atoms with E-state index >= 15 is 0 Å². The molecule has 0 saturated heterocycles. The van der Waals surface area contributed by atoms with E-state index in [4.69, 9.17) is 9.47 Å². The Kier molecular flexibility index (Phi) is 7.72. The van der Waals surface area contributed by atoms with E-state index in [-0.39, 0.29) is 0 Å². The Labute approximate surface area is 164 Å². The van der Waals surface area contributed by atoms with Crippen molar-refractivity contribution in [2.45, 2.75) is 53.5 Å². The van der Waals surface area contributed by atoms with Crippen molar-refractivity contribution in [3.63, 3.8) is 0 Å². The standard InChI is InChI=1S/C22H35N3O2/c1-8-25(9-2)12-10-11-16(4)23-18-14-19(26-6)21-20(22(18)27-7)15(3)13-17(5)24-21/h13-14,16,23H,8-12H2,1-7H3/t16-/m0/s1. The molecule has 1 heterocycles. The van der Waals surface area contributed by atoms with Crippen molar-refractivity contribution >= 4 is 16.6 Å². The molecule has 0 spiro atoms. The lowest BCUT2D eigenvalue weighted by Crippen LogP contribution is -2.25. The molecule has 1 aromatic carbocycles. The van der Waals surface area contributed by atoms with Crippen LogP contribution in [0.4, 0.5) is 5.69 Å². The minimum Gasteiger partial charge on any atom is -0.494 e. The second-order valence-corrected chi connectivity index (χ2v) is 7.18. The average Bonchev–Trinajstić information content (AvgIpc) is 2.64. The highest BCUT2D eigenvalue weighted by atomic mass is 16.5. The summed E-state index contributed by atoms with van der Waals surface area (Å²) in [6, 6.07) is 4.44. The molecule has 0 radical (unpaired) electrons. The normalized spacial score (nSPS) is 12.4. The van der Waals surface area contributed by atoms with Gasteiger partial charge in [0.15, 0.2) is 5.75 Å². The van der Waals surface area contributed by atoms with Gasteiger partial charge < -0.3 is 19.7 Å². The SMILES string of the molecule is CCN(CC)CCC[C@H](C)Nc1cc(OC)c2nc(C)cc(C)c2c1OC. The number of nitrogens with zero attached hydrogens (tertiary/aromatic N) is 2. The molecule has 0 aliphatic heterocycles. The van der Waals surface area contributed by atoms with Crippen LogP contribution in [0.3, 0.4) is 0 Å². The molecule has 0 aliphatic carbocycles. The number of nitrogens with one attached hydrogen (secondary N) is 1. The van der Waals surface area contributed by atoms with Crippen molar-refractivity contribution in [1.29, 1.82) is 0 Å². The summed E-state index contributed by atoms with van der Waals surface area (Å²) >= 11 is 0. The van der Waals surface area contributed by atoms with E-state index in [0.717, 1.165) is 65.4 Å². The van der Waals surface area contributed by atoms with Gasteiger partial charge in [0.1, 0.15) is 11.3 Å². The Bertz CT molecular complexity index is 757. The van der Waals surface area contributed by atoms with E-state index in [9.17, 15) is 0 Å². The van der Waals surface area contributed by atoms with Crippen LogP contribution < -0.4 is 14.8 Å². The summed E-state index contributed by atoms with van der Waals surface area (Å²) < 4.78 is 11.4. The van der Waals surface area contributed by atoms with E-state index in [0.29, 0.717) is 6.04 Å². The summed E-state index contributed by atoms with van der Waals surface area (Å²) in [5.41, 5.74) is 3.94. The summed E-state index contributed by atoms with van der Waals surface area (Å²) in [6.45, 7) is 14.1. The van der Waals surface area contributed by atoms with Gasteiger partial charge in [-0.1, -0.05) is 13.8 Å². The van der Waals surface area contributed by atoms with Crippen LogP contribution in [0.15, 0.2) is 12.1 Å². The number of hydrogen-bond donors (Lipinski definition) is 1. The molecule has 1 atom stereocenters. The molecule has 0 saturated carbocycles. The molecule has 0 bridgehead atoms. The van der Waals surface area contributed by atoms with E-state index in [1.165, 1.54) is 6.42 Å². The molecular formula is C22H35N3O2. The van der Waals surface area contributed by atoms with Crippen molar-refractivity contribution in [2.24, 2.45) is 0 Å². The first-order valence-corrected chi connectivity index (χ1v) is 9.96. The third-order valence-electron chi connectivity index (χ3n) is 5.16. The zero-order chi connectivity index (χ0) is 20.0. The number of benzene rings is 1. The molecule has 1 N–H and O–H groups in total. The van der Waals surface area contributed by atoms with Crippen LogP contribution in [0.1, 0.15) is 44.9 Å². The van der Waals surface area contributed by atoms with Crippen molar-refractivity contribution in [3.05, 3.63) is 23.4 Å². The van der Waals surface area contributed by atoms with Crippen LogP contribution in [-0.2, 0) is 0 Å². The van der Waals surface area contributed by atoms with Gasteiger partial charge in [-0.2, -0.15) is 0 Å². The maximum atomic E-state index is 5.79. The van der Waals surface area contributed by atoms with E-state index in [1.807, 2.05) is 13.0 Å². The summed E-state index contributed by atoms with van der Waals surface area (Å²) in [7, 11) is 3.41. The van der Waals surface area contributed by atoms with Gasteiger partial charge in [-0.15, -0.1) is 0 Å². The number of rotatable bonds is 10. The predicted molar refractivity (Wildman–Crippen MR) is 114 cm³/mol. The second-order valence-electron chi connectivity index (χ2n) is 7.18. The summed E-state index contributed by atoms with van der Waals surface area (Å²) in [6.07, 6.45) is 2.27. The number of aryl methyl sites for hydroxylation is 2. The van der Waals surface area contributed by atoms with E-state index < -0.39 is 0 Å². The first kappa shape index (κ1) is 21.3. The van der Waals surface area contributed by atoms with Crippen molar-refractivity contribution in [2.75, 3.05) is 39.2 Å². The van der Waals surface area contributed by atoms with Crippen LogP contribution in [0, 0.1) is 13.8 Å². The summed E-state index contributed by atoms with van der Waals surface area (Å²) in [4.78, 5) is 7.15. The number of ether oxygens (including phenoxy) is 2. The van der Waals surface area contributed by atoms with E-state index in [2.05, 4.69) is 49.0 Å². The Morgan fingerprint density at radius 1 is 1.11 bits per heavy atom. The van der Waals surface area contributed by atoms with Crippen molar-refractivity contribution < 1.29 is 9.47 Å². The number of aromatic nitrogens is 1. The van der Waals surface area contributed by atoms with Crippen LogP contribution in [0.25, 0.3) is 10.9 Å². The number of methoxy groups -OCH3 is 2. The van der Waals surface area contributed by atoms with Gasteiger partial charge in [-0.3, -0.25) is 0 Å². The predicted octanol–water partition coefficient (Wildman–Crippen LogP) is 4.79. The molecule has 2 aromatic rings. The first-order chi connectivity index (χ1) is 12.9. The third-order valence-corrected chi connectivity index (χ3v) is 5.16. The average molecular weight is 374 g/mol. The lowest BCUT2D eigenvalue weighted by Gasteiger charge is -2.22. The molecule has 0 fully saturated rings. The van der Waals surface area contributed by atoms with Gasteiger partial charge in [-0.25, -0.2) is 4.98 Å². The molecule has 1 aromatic heterocycles. The molecule has 0 unspecified atom stereocenters. The molecule has 0 aliphatic rings. The molecule has 150 valence electrons. The summed E-state index contributed by atoms with van der Waals surface area (Å²) in [5, 5.41) is 4.64. The van der Waals surface area contributed by atoms with Crippen LogP contribution in [0.5, 0.6) is 11.5 Å². The fourth-order valence-electron chi connectivity index (χ4n) is 3.67. The Balaban J connectivity index is 2.27. The van der Waals surface area contributed by atoms with Crippen LogP contribution >= 0.6 is 0 Å². The molecule has 27 heavy (non-hydrogen) atoms. The maximum Gasteiger partial charge on any atom is 0.151 e. The van der Waals surface area contributed by atoms with Gasteiger partial charge >= 0.3 is 0 Å². The Hall–Kier alpha value is -2.01. The Morgan fingerprint density at radius 3 is 2.41 bits per heavy atom. The smallest absolute Gasteiger partial charge is 0.151 e. The van der Waals surface area contributed by atoms with Gasteiger partial charge in [0, 0.05) is 17.8 Å². The molecule has 5 heteroatoms. The van der Waals surface area contributed by atoms with Crippen LogP contribution in [-0.4, -0.2) is 49.8 Å². The van der Waals surface area contributed by atoms with Gasteiger partial charge in [0.2, 0.25) is 0 Å². The Morgan fingerprint density at radius 2 is 1.81 bits per heavy atom. The molecule has 0 amide bonds. The minimum atomic E-state index is 0.343. The highest BCUT2D eigenvalue weighted by Crippen LogP contribution is 2.41. The highest BCUT2D eigenvalue weighted by molar-refractivity contribution is 5.98. The van der Waals surface area contributed by atoms with Gasteiger partial charge in [0.25, 0.3) is 0 Å². The lowest BCUT2D eigenvalue weighted by atomic mass is 10.0. The number of hydrogen-bond acceptors (Lipinski definition) is 5. The van der Waals surface area contributed by atoms with Gasteiger partial charge in [0.05, 0.1) is 25.3 Å². The molecular weight excluding hydrogens is 338 g/mol. The maximum absolute atomic E-state index is 5.79. The second kappa shape index (κ2) is 9.79. The number of anilines is 1. The topological polar surface area (TPSA) is 46.6 Å². The number of fused-ring (bicyclic) bond motifs is 1. The van der Waals surface area contributed by atoms with Gasteiger partial charge in [-0.05, 0) is 64.9 Å². The summed E-state index contributed by atoms with van der Waals surface area (Å²) in [5.74, 6) is 1.61. The number of pyridine rings is 1. The monoisotopic (exact) mass is 373 g/mol. The van der Waals surface area contributed by atoms with Crippen molar-refractivity contribution in [1.82, 2.24) is 9.88 Å². The zero-order valence-electron chi connectivity index (χ0n) is 18.0. The molecule has 2 rings (SSSR count). The zero-order valence-corrected chi connectivity index (χ0v) is 18.0. The lowest BCUT2D eigenvalue weighted by molar-refractivity contribution is 0.295. The first-order valence-electron chi connectivity index (χ1n) is 9.96. The quantitative estimate of drug-likeness (QED) is 0.649. The largest absolute Gasteiger partial charge is 0.494 e. The molecule has 5 nitrogen and oxygen atoms in total. The minimum absolute atomic E-state index is 0.343. The van der Waals surface area contributed by atoms with Crippen LogP contribution in [0.2, 0.25) is 0 Å².